The van der Waals surface area contributed by atoms with E-state index >= 15 is 0 Å². The van der Waals surface area contributed by atoms with Gasteiger partial charge in [-0.2, -0.15) is 0 Å². The predicted molar refractivity (Wildman–Crippen MR) is 59.4 cm³/mol. The summed E-state index contributed by atoms with van der Waals surface area (Å²) in [6.07, 6.45) is 0.893. The van der Waals surface area contributed by atoms with Crippen LogP contribution in [0.15, 0.2) is 12.1 Å². The smallest absolute Gasteiger partial charge is 0.231 e. The molecule has 0 amide bonds. The topological polar surface area (TPSA) is 44.5 Å². The lowest BCUT2D eigenvalue weighted by atomic mass is 9.94. The van der Waals surface area contributed by atoms with E-state index in [-0.39, 0.29) is 0 Å². The molecular weight excluding hydrogens is 190 g/mol. The summed E-state index contributed by atoms with van der Waals surface area (Å²) in [7, 11) is 0. The standard InChI is InChI=1S/C12H17NO2/c1-8(2)10-6-12-11(14-7-15-12)5-9(10)3-4-13/h5-6,8H,3-4,7,13H2,1-2H3. The first-order valence-electron chi connectivity index (χ1n) is 5.35. The second-order valence-electron chi connectivity index (χ2n) is 4.10. The van der Waals surface area contributed by atoms with Gasteiger partial charge in [0.25, 0.3) is 0 Å². The maximum absolute atomic E-state index is 5.60. The zero-order valence-corrected chi connectivity index (χ0v) is 9.25. The Morgan fingerprint density at radius 1 is 1.27 bits per heavy atom. The molecule has 0 unspecified atom stereocenters. The van der Waals surface area contributed by atoms with Gasteiger partial charge >= 0.3 is 0 Å². The molecule has 0 saturated carbocycles. The molecule has 2 rings (SSSR count). The van der Waals surface area contributed by atoms with Crippen LogP contribution in [-0.4, -0.2) is 13.3 Å². The molecule has 0 aromatic heterocycles. The maximum atomic E-state index is 5.60. The van der Waals surface area contributed by atoms with Gasteiger partial charge in [0.05, 0.1) is 0 Å². The molecule has 1 aliphatic heterocycles. The van der Waals surface area contributed by atoms with E-state index in [0.717, 1.165) is 17.9 Å². The van der Waals surface area contributed by atoms with Crippen molar-refractivity contribution in [1.82, 2.24) is 0 Å². The quantitative estimate of drug-likeness (QED) is 0.825. The highest BCUT2D eigenvalue weighted by Gasteiger charge is 2.17. The van der Waals surface area contributed by atoms with Gasteiger partial charge in [0.1, 0.15) is 0 Å². The molecule has 1 aromatic carbocycles. The number of hydrogen-bond acceptors (Lipinski definition) is 3. The Morgan fingerprint density at radius 3 is 2.53 bits per heavy atom. The van der Waals surface area contributed by atoms with E-state index in [1.807, 2.05) is 0 Å². The highest BCUT2D eigenvalue weighted by Crippen LogP contribution is 2.37. The third-order valence-corrected chi connectivity index (χ3v) is 2.67. The summed E-state index contributed by atoms with van der Waals surface area (Å²) < 4.78 is 10.7. The highest BCUT2D eigenvalue weighted by atomic mass is 16.7. The maximum Gasteiger partial charge on any atom is 0.231 e. The molecule has 82 valence electrons. The van der Waals surface area contributed by atoms with Gasteiger partial charge in [0.15, 0.2) is 11.5 Å². The van der Waals surface area contributed by atoms with Gasteiger partial charge in [-0.3, -0.25) is 0 Å². The number of hydrogen-bond donors (Lipinski definition) is 1. The Kier molecular flexibility index (Phi) is 2.82. The summed E-state index contributed by atoms with van der Waals surface area (Å²) in [6, 6.07) is 4.14. The average Bonchev–Trinajstić information content (AvgIpc) is 2.63. The summed E-state index contributed by atoms with van der Waals surface area (Å²) in [5, 5.41) is 0. The van der Waals surface area contributed by atoms with E-state index in [1.54, 1.807) is 0 Å². The number of nitrogens with two attached hydrogens (primary N) is 1. The van der Waals surface area contributed by atoms with Crippen molar-refractivity contribution in [2.24, 2.45) is 5.73 Å². The molecular formula is C12H17NO2. The van der Waals surface area contributed by atoms with Crippen molar-refractivity contribution < 1.29 is 9.47 Å². The lowest BCUT2D eigenvalue weighted by Gasteiger charge is -2.13. The second kappa shape index (κ2) is 4.11. The molecule has 0 bridgehead atoms. The van der Waals surface area contributed by atoms with E-state index in [0.29, 0.717) is 19.3 Å². The molecule has 1 aromatic rings. The molecule has 3 nitrogen and oxygen atoms in total. The van der Waals surface area contributed by atoms with Crippen LogP contribution in [0.2, 0.25) is 0 Å². The molecule has 1 aliphatic rings. The van der Waals surface area contributed by atoms with Crippen LogP contribution in [0.3, 0.4) is 0 Å². The predicted octanol–water partition coefficient (Wildman–Crippen LogP) is 2.04. The van der Waals surface area contributed by atoms with Crippen molar-refractivity contribution in [1.29, 1.82) is 0 Å². The lowest BCUT2D eigenvalue weighted by molar-refractivity contribution is 0.174. The Hall–Kier alpha value is -1.22. The zero-order valence-electron chi connectivity index (χ0n) is 9.25. The van der Waals surface area contributed by atoms with Crippen molar-refractivity contribution in [2.75, 3.05) is 13.3 Å². The first kappa shape index (κ1) is 10.3. The monoisotopic (exact) mass is 207 g/mol. The van der Waals surface area contributed by atoms with Crippen LogP contribution in [0.25, 0.3) is 0 Å². The Morgan fingerprint density at radius 2 is 1.93 bits per heavy atom. The van der Waals surface area contributed by atoms with Gasteiger partial charge in [0, 0.05) is 0 Å². The van der Waals surface area contributed by atoms with Crippen LogP contribution in [0.1, 0.15) is 30.9 Å². The molecule has 1 heterocycles. The molecule has 0 aliphatic carbocycles. The minimum Gasteiger partial charge on any atom is -0.454 e. The molecule has 0 radical (unpaired) electrons. The highest BCUT2D eigenvalue weighted by molar-refractivity contribution is 5.49. The van der Waals surface area contributed by atoms with E-state index in [9.17, 15) is 0 Å². The number of ether oxygens (including phenoxy) is 2. The zero-order chi connectivity index (χ0) is 10.8. The number of rotatable bonds is 3. The van der Waals surface area contributed by atoms with Crippen LogP contribution in [0, 0.1) is 0 Å². The van der Waals surface area contributed by atoms with Gasteiger partial charge in [-0.15, -0.1) is 0 Å². The molecule has 0 saturated heterocycles. The third-order valence-electron chi connectivity index (χ3n) is 2.67. The largest absolute Gasteiger partial charge is 0.454 e. The molecule has 0 spiro atoms. The van der Waals surface area contributed by atoms with Crippen LogP contribution < -0.4 is 15.2 Å². The molecule has 2 N–H and O–H groups in total. The fourth-order valence-electron chi connectivity index (χ4n) is 1.91. The Labute approximate surface area is 90.2 Å². The fraction of sp³-hybridized carbons (Fsp3) is 0.500. The Bertz CT molecular complexity index is 361. The van der Waals surface area contributed by atoms with Crippen molar-refractivity contribution in [3.8, 4) is 11.5 Å². The molecule has 0 fully saturated rings. The average molecular weight is 207 g/mol. The minimum atomic E-state index is 0.332. The summed E-state index contributed by atoms with van der Waals surface area (Å²) >= 11 is 0. The lowest BCUT2D eigenvalue weighted by Crippen LogP contribution is -2.06. The van der Waals surface area contributed by atoms with Crippen molar-refractivity contribution in [3.63, 3.8) is 0 Å². The van der Waals surface area contributed by atoms with E-state index in [4.69, 9.17) is 15.2 Å². The summed E-state index contributed by atoms with van der Waals surface area (Å²) in [4.78, 5) is 0. The van der Waals surface area contributed by atoms with E-state index < -0.39 is 0 Å². The Balaban J connectivity index is 2.42. The normalized spacial score (nSPS) is 13.6. The van der Waals surface area contributed by atoms with Crippen LogP contribution in [-0.2, 0) is 6.42 Å². The fourth-order valence-corrected chi connectivity index (χ4v) is 1.91. The molecule has 15 heavy (non-hydrogen) atoms. The van der Waals surface area contributed by atoms with Gasteiger partial charge in [-0.1, -0.05) is 13.8 Å². The van der Waals surface area contributed by atoms with Crippen molar-refractivity contribution >= 4 is 0 Å². The number of fused-ring (bicyclic) bond motifs is 1. The molecule has 3 heteroatoms. The van der Waals surface area contributed by atoms with Crippen LogP contribution >= 0.6 is 0 Å². The van der Waals surface area contributed by atoms with Crippen LogP contribution in [0.4, 0.5) is 0 Å². The molecule has 0 atom stereocenters. The summed E-state index contributed by atoms with van der Waals surface area (Å²) in [5.74, 6) is 2.20. The van der Waals surface area contributed by atoms with Crippen molar-refractivity contribution in [2.45, 2.75) is 26.2 Å². The SMILES string of the molecule is CC(C)c1cc2c(cc1CCN)OCO2. The first-order valence-corrected chi connectivity index (χ1v) is 5.35. The third kappa shape index (κ3) is 1.92. The van der Waals surface area contributed by atoms with Crippen molar-refractivity contribution in [3.05, 3.63) is 23.3 Å². The van der Waals surface area contributed by atoms with Gasteiger partial charge in [-0.25, -0.2) is 0 Å². The van der Waals surface area contributed by atoms with Gasteiger partial charge < -0.3 is 15.2 Å². The van der Waals surface area contributed by atoms with Gasteiger partial charge in [0.2, 0.25) is 6.79 Å². The summed E-state index contributed by atoms with van der Waals surface area (Å²) in [5.41, 5.74) is 8.19. The summed E-state index contributed by atoms with van der Waals surface area (Å²) in [6.45, 7) is 5.35. The van der Waals surface area contributed by atoms with Gasteiger partial charge in [-0.05, 0) is 42.1 Å². The second-order valence-corrected chi connectivity index (χ2v) is 4.10. The van der Waals surface area contributed by atoms with Crippen LogP contribution in [0.5, 0.6) is 11.5 Å². The van der Waals surface area contributed by atoms with E-state index in [1.165, 1.54) is 11.1 Å². The first-order chi connectivity index (χ1) is 7.22. The van der Waals surface area contributed by atoms with E-state index in [2.05, 4.69) is 26.0 Å². The minimum absolute atomic E-state index is 0.332. The number of benzene rings is 1.